The second-order valence-electron chi connectivity index (χ2n) is 6.28. The Kier molecular flexibility index (Phi) is 3.10. The Balaban J connectivity index is 1.94. The quantitative estimate of drug-likeness (QED) is 0.732. The molecule has 2 unspecified atom stereocenters. The third-order valence-electron chi connectivity index (χ3n) is 4.52. The Labute approximate surface area is 99.2 Å². The lowest BCUT2D eigenvalue weighted by atomic mass is 9.75. The van der Waals surface area contributed by atoms with Crippen molar-refractivity contribution < 1.29 is 9.31 Å². The van der Waals surface area contributed by atoms with Crippen molar-refractivity contribution in [1.29, 1.82) is 0 Å². The molecule has 0 bridgehead atoms. The summed E-state index contributed by atoms with van der Waals surface area (Å²) in [5.41, 5.74) is 5.67. The zero-order valence-electron chi connectivity index (χ0n) is 11.0. The summed E-state index contributed by atoms with van der Waals surface area (Å²) in [6, 6.07) is 0.346. The van der Waals surface area contributed by atoms with Crippen molar-refractivity contribution in [3.8, 4) is 0 Å². The van der Waals surface area contributed by atoms with Crippen molar-refractivity contribution in [2.75, 3.05) is 0 Å². The van der Waals surface area contributed by atoms with Gasteiger partial charge in [0.2, 0.25) is 0 Å². The molecule has 2 fully saturated rings. The molecule has 2 aliphatic rings. The van der Waals surface area contributed by atoms with E-state index in [0.717, 1.165) is 12.7 Å². The normalized spacial score (nSPS) is 36.9. The Morgan fingerprint density at radius 3 is 2.12 bits per heavy atom. The molecule has 2 rings (SSSR count). The average molecular weight is 225 g/mol. The van der Waals surface area contributed by atoms with E-state index in [1.165, 1.54) is 12.8 Å². The van der Waals surface area contributed by atoms with Crippen LogP contribution in [0.25, 0.3) is 0 Å². The summed E-state index contributed by atoms with van der Waals surface area (Å²) in [5.74, 6) is 0.578. The van der Waals surface area contributed by atoms with Gasteiger partial charge < -0.3 is 15.0 Å². The maximum absolute atomic E-state index is 6.08. The molecule has 2 atom stereocenters. The van der Waals surface area contributed by atoms with Gasteiger partial charge in [-0.3, -0.25) is 0 Å². The Morgan fingerprint density at radius 2 is 1.69 bits per heavy atom. The Bertz CT molecular complexity index is 252. The highest BCUT2D eigenvalue weighted by molar-refractivity contribution is 6.45. The first-order valence-corrected chi connectivity index (χ1v) is 6.43. The zero-order chi connectivity index (χ0) is 12.0. The summed E-state index contributed by atoms with van der Waals surface area (Å²) in [7, 11) is -0.0702. The number of hydrogen-bond acceptors (Lipinski definition) is 3. The summed E-state index contributed by atoms with van der Waals surface area (Å²) in [6.45, 7) is 8.40. The van der Waals surface area contributed by atoms with Crippen LogP contribution in [0.1, 0.15) is 47.0 Å². The molecular weight excluding hydrogens is 201 g/mol. The van der Waals surface area contributed by atoms with Gasteiger partial charge in [-0.1, -0.05) is 6.42 Å². The van der Waals surface area contributed by atoms with Crippen LogP contribution in [0.15, 0.2) is 0 Å². The SMILES string of the molecule is CC1(C)OB(CC2CCCC2N)OC1(C)C. The van der Waals surface area contributed by atoms with Crippen LogP contribution in [0, 0.1) is 5.92 Å². The van der Waals surface area contributed by atoms with Crippen molar-refractivity contribution in [1.82, 2.24) is 0 Å². The summed E-state index contributed by atoms with van der Waals surface area (Å²) in [4.78, 5) is 0. The Hall–Kier alpha value is -0.0551. The molecular formula is C12H24BNO2. The van der Waals surface area contributed by atoms with E-state index in [1.54, 1.807) is 0 Å². The molecule has 0 aromatic carbocycles. The fourth-order valence-electron chi connectivity index (χ4n) is 2.67. The first kappa shape index (κ1) is 12.4. The van der Waals surface area contributed by atoms with Gasteiger partial charge in [0.05, 0.1) is 11.2 Å². The highest BCUT2D eigenvalue weighted by Crippen LogP contribution is 2.40. The fourth-order valence-corrected chi connectivity index (χ4v) is 2.67. The molecule has 0 aromatic rings. The molecule has 2 N–H and O–H groups in total. The standard InChI is InChI=1S/C12H24BNO2/c1-11(2)12(3,4)16-13(15-11)8-9-6-5-7-10(9)14/h9-10H,5-8,14H2,1-4H3. The highest BCUT2D eigenvalue weighted by Gasteiger charge is 2.51. The van der Waals surface area contributed by atoms with Crippen LogP contribution in [0.4, 0.5) is 0 Å². The van der Waals surface area contributed by atoms with Crippen molar-refractivity contribution in [3.05, 3.63) is 0 Å². The monoisotopic (exact) mass is 225 g/mol. The van der Waals surface area contributed by atoms with Crippen LogP contribution in [-0.2, 0) is 9.31 Å². The van der Waals surface area contributed by atoms with Crippen molar-refractivity contribution >= 4 is 7.12 Å². The molecule has 1 saturated heterocycles. The molecule has 3 nitrogen and oxygen atoms in total. The predicted molar refractivity (Wildman–Crippen MR) is 66.2 cm³/mol. The molecule has 1 aliphatic carbocycles. The van der Waals surface area contributed by atoms with E-state index in [9.17, 15) is 0 Å². The molecule has 0 spiro atoms. The molecule has 1 heterocycles. The minimum atomic E-state index is -0.208. The molecule has 1 aliphatic heterocycles. The second-order valence-corrected chi connectivity index (χ2v) is 6.28. The maximum Gasteiger partial charge on any atom is 0.458 e. The van der Waals surface area contributed by atoms with E-state index in [-0.39, 0.29) is 18.3 Å². The van der Waals surface area contributed by atoms with Gasteiger partial charge >= 0.3 is 7.12 Å². The van der Waals surface area contributed by atoms with Crippen molar-refractivity contribution in [2.24, 2.45) is 11.7 Å². The smallest absolute Gasteiger partial charge is 0.403 e. The van der Waals surface area contributed by atoms with Crippen LogP contribution < -0.4 is 5.73 Å². The number of nitrogens with two attached hydrogens (primary N) is 1. The first-order chi connectivity index (χ1) is 7.32. The summed E-state index contributed by atoms with van der Waals surface area (Å²) >= 11 is 0. The van der Waals surface area contributed by atoms with Gasteiger partial charge in [-0.15, -0.1) is 0 Å². The molecule has 0 aromatic heterocycles. The van der Waals surface area contributed by atoms with Gasteiger partial charge in [0.15, 0.2) is 0 Å². The maximum atomic E-state index is 6.08. The predicted octanol–water partition coefficient (Wildman–Crippen LogP) is 2.21. The van der Waals surface area contributed by atoms with E-state index >= 15 is 0 Å². The lowest BCUT2D eigenvalue weighted by Crippen LogP contribution is -2.41. The molecule has 92 valence electrons. The number of hydrogen-bond donors (Lipinski definition) is 1. The van der Waals surface area contributed by atoms with Crippen molar-refractivity contribution in [2.45, 2.75) is 70.5 Å². The van der Waals surface area contributed by atoms with E-state index in [2.05, 4.69) is 27.7 Å². The van der Waals surface area contributed by atoms with E-state index in [0.29, 0.717) is 12.0 Å². The van der Waals surface area contributed by atoms with Gasteiger partial charge in [-0.2, -0.15) is 0 Å². The van der Waals surface area contributed by atoms with Gasteiger partial charge in [0.25, 0.3) is 0 Å². The molecule has 1 saturated carbocycles. The fraction of sp³-hybridized carbons (Fsp3) is 1.00. The van der Waals surface area contributed by atoms with Crippen LogP contribution in [-0.4, -0.2) is 24.4 Å². The van der Waals surface area contributed by atoms with Crippen LogP contribution >= 0.6 is 0 Å². The minimum Gasteiger partial charge on any atom is -0.403 e. The summed E-state index contributed by atoms with van der Waals surface area (Å²) in [6.07, 6.45) is 4.59. The molecule has 0 amide bonds. The highest BCUT2D eigenvalue weighted by atomic mass is 16.7. The van der Waals surface area contributed by atoms with E-state index in [1.807, 2.05) is 0 Å². The van der Waals surface area contributed by atoms with E-state index in [4.69, 9.17) is 15.0 Å². The van der Waals surface area contributed by atoms with Gasteiger partial charge in [0, 0.05) is 6.04 Å². The number of rotatable bonds is 2. The van der Waals surface area contributed by atoms with Crippen LogP contribution in [0.3, 0.4) is 0 Å². The minimum absolute atomic E-state index is 0.0702. The third kappa shape index (κ3) is 2.15. The molecule has 0 radical (unpaired) electrons. The topological polar surface area (TPSA) is 44.5 Å². The largest absolute Gasteiger partial charge is 0.458 e. The second kappa shape index (κ2) is 4.00. The van der Waals surface area contributed by atoms with Gasteiger partial charge in [0.1, 0.15) is 0 Å². The average Bonchev–Trinajstić information content (AvgIpc) is 2.57. The zero-order valence-corrected chi connectivity index (χ0v) is 11.0. The van der Waals surface area contributed by atoms with Crippen molar-refractivity contribution in [3.63, 3.8) is 0 Å². The summed E-state index contributed by atoms with van der Waals surface area (Å²) in [5, 5.41) is 0. The Morgan fingerprint density at radius 1 is 1.12 bits per heavy atom. The molecule has 16 heavy (non-hydrogen) atoms. The third-order valence-corrected chi connectivity index (χ3v) is 4.52. The van der Waals surface area contributed by atoms with Crippen LogP contribution in [0.5, 0.6) is 0 Å². The lowest BCUT2D eigenvalue weighted by Gasteiger charge is -2.32. The summed E-state index contributed by atoms with van der Waals surface area (Å²) < 4.78 is 12.0. The van der Waals surface area contributed by atoms with Crippen LogP contribution in [0.2, 0.25) is 6.32 Å². The van der Waals surface area contributed by atoms with Gasteiger partial charge in [-0.05, 0) is 52.8 Å². The van der Waals surface area contributed by atoms with Gasteiger partial charge in [-0.25, -0.2) is 0 Å². The van der Waals surface area contributed by atoms with E-state index < -0.39 is 0 Å². The first-order valence-electron chi connectivity index (χ1n) is 6.43. The molecule has 4 heteroatoms. The lowest BCUT2D eigenvalue weighted by molar-refractivity contribution is 0.00578.